The van der Waals surface area contributed by atoms with Crippen LogP contribution in [-0.2, 0) is 0 Å². The van der Waals surface area contributed by atoms with Crippen LogP contribution in [0, 0.1) is 6.92 Å². The van der Waals surface area contributed by atoms with Crippen molar-refractivity contribution in [3.05, 3.63) is 46.2 Å². The first-order chi connectivity index (χ1) is 8.58. The SMILES string of the molecule is Cc1ccc(NC(=O)c2c(Cl)ncnc2Cl)cn1. The molecule has 0 spiro atoms. The Balaban J connectivity index is 2.25. The maximum atomic E-state index is 12.0. The first-order valence-electron chi connectivity index (χ1n) is 4.98. The van der Waals surface area contributed by atoms with Crippen LogP contribution in [0.25, 0.3) is 0 Å². The van der Waals surface area contributed by atoms with Gasteiger partial charge < -0.3 is 5.32 Å². The number of aromatic nitrogens is 3. The van der Waals surface area contributed by atoms with E-state index in [9.17, 15) is 4.79 Å². The number of pyridine rings is 1. The molecule has 0 unspecified atom stereocenters. The molecule has 0 fully saturated rings. The number of nitrogens with one attached hydrogen (secondary N) is 1. The molecule has 0 aromatic carbocycles. The lowest BCUT2D eigenvalue weighted by molar-refractivity contribution is 0.102. The van der Waals surface area contributed by atoms with Gasteiger partial charge in [-0.3, -0.25) is 9.78 Å². The van der Waals surface area contributed by atoms with Crippen molar-refractivity contribution in [1.82, 2.24) is 15.0 Å². The predicted octanol–water partition coefficient (Wildman–Crippen LogP) is 2.74. The Morgan fingerprint density at radius 3 is 2.39 bits per heavy atom. The van der Waals surface area contributed by atoms with Crippen LogP contribution in [0.1, 0.15) is 16.1 Å². The van der Waals surface area contributed by atoms with Crippen molar-refractivity contribution in [1.29, 1.82) is 0 Å². The number of amides is 1. The Kier molecular flexibility index (Phi) is 3.74. The molecule has 1 N–H and O–H groups in total. The Morgan fingerprint density at radius 1 is 1.17 bits per heavy atom. The first-order valence-corrected chi connectivity index (χ1v) is 5.73. The smallest absolute Gasteiger partial charge is 0.261 e. The van der Waals surface area contributed by atoms with Gasteiger partial charge in [0.1, 0.15) is 22.2 Å². The third-order valence-corrected chi connectivity index (χ3v) is 2.72. The van der Waals surface area contributed by atoms with E-state index in [-0.39, 0.29) is 15.9 Å². The Labute approximate surface area is 113 Å². The summed E-state index contributed by atoms with van der Waals surface area (Å²) in [5, 5.41) is 2.63. The molecule has 7 heteroatoms. The van der Waals surface area contributed by atoms with Crippen LogP contribution in [-0.4, -0.2) is 20.9 Å². The second kappa shape index (κ2) is 5.29. The van der Waals surface area contributed by atoms with E-state index >= 15 is 0 Å². The molecule has 1 amide bonds. The van der Waals surface area contributed by atoms with Gasteiger partial charge in [-0.25, -0.2) is 9.97 Å². The third-order valence-electron chi connectivity index (χ3n) is 2.15. The summed E-state index contributed by atoms with van der Waals surface area (Å²) in [4.78, 5) is 23.4. The zero-order chi connectivity index (χ0) is 13.1. The average molecular weight is 283 g/mol. The first kappa shape index (κ1) is 12.7. The fraction of sp³-hybridized carbons (Fsp3) is 0.0909. The highest BCUT2D eigenvalue weighted by molar-refractivity contribution is 6.38. The fourth-order valence-corrected chi connectivity index (χ4v) is 1.75. The van der Waals surface area contributed by atoms with Crippen LogP contribution >= 0.6 is 23.2 Å². The van der Waals surface area contributed by atoms with Gasteiger partial charge in [0, 0.05) is 5.69 Å². The highest BCUT2D eigenvalue weighted by atomic mass is 35.5. The van der Waals surface area contributed by atoms with Gasteiger partial charge in [-0.2, -0.15) is 0 Å². The molecule has 2 rings (SSSR count). The number of halogens is 2. The molecule has 0 aliphatic rings. The fourth-order valence-electron chi connectivity index (χ4n) is 1.27. The molecule has 0 saturated heterocycles. The molecular formula is C11H8Cl2N4O. The third kappa shape index (κ3) is 2.75. The van der Waals surface area contributed by atoms with Gasteiger partial charge in [0.25, 0.3) is 5.91 Å². The Morgan fingerprint density at radius 2 is 1.83 bits per heavy atom. The van der Waals surface area contributed by atoms with Gasteiger partial charge in [-0.15, -0.1) is 0 Å². The van der Waals surface area contributed by atoms with E-state index < -0.39 is 5.91 Å². The molecule has 2 aromatic heterocycles. The van der Waals surface area contributed by atoms with Crippen molar-refractivity contribution in [3.63, 3.8) is 0 Å². The van der Waals surface area contributed by atoms with E-state index in [4.69, 9.17) is 23.2 Å². The van der Waals surface area contributed by atoms with E-state index in [0.717, 1.165) is 5.69 Å². The number of hydrogen-bond donors (Lipinski definition) is 1. The van der Waals surface area contributed by atoms with Gasteiger partial charge in [0.05, 0.1) is 11.9 Å². The summed E-state index contributed by atoms with van der Waals surface area (Å²) >= 11 is 11.6. The highest BCUT2D eigenvalue weighted by Crippen LogP contribution is 2.21. The second-order valence-corrected chi connectivity index (χ2v) is 4.19. The van der Waals surface area contributed by atoms with Crippen LogP contribution in [0.4, 0.5) is 5.69 Å². The van der Waals surface area contributed by atoms with Crippen LogP contribution in [0.2, 0.25) is 10.3 Å². The van der Waals surface area contributed by atoms with Crippen molar-refractivity contribution in [2.45, 2.75) is 6.92 Å². The van der Waals surface area contributed by atoms with E-state index in [0.29, 0.717) is 5.69 Å². The number of aryl methyl sites for hydroxylation is 1. The largest absolute Gasteiger partial charge is 0.320 e. The molecule has 2 aromatic rings. The molecule has 0 aliphatic carbocycles. The van der Waals surface area contributed by atoms with E-state index in [2.05, 4.69) is 20.3 Å². The summed E-state index contributed by atoms with van der Waals surface area (Å²) in [6.45, 7) is 1.85. The molecule has 0 bridgehead atoms. The number of hydrogen-bond acceptors (Lipinski definition) is 4. The minimum Gasteiger partial charge on any atom is -0.320 e. The van der Waals surface area contributed by atoms with Crippen molar-refractivity contribution in [3.8, 4) is 0 Å². The monoisotopic (exact) mass is 282 g/mol. The van der Waals surface area contributed by atoms with Crippen molar-refractivity contribution < 1.29 is 4.79 Å². The number of rotatable bonds is 2. The molecule has 0 aliphatic heterocycles. The summed E-state index contributed by atoms with van der Waals surface area (Å²) in [5.74, 6) is -0.476. The zero-order valence-electron chi connectivity index (χ0n) is 9.32. The predicted molar refractivity (Wildman–Crippen MR) is 69.0 cm³/mol. The van der Waals surface area contributed by atoms with Gasteiger partial charge in [0.15, 0.2) is 0 Å². The van der Waals surface area contributed by atoms with Crippen LogP contribution in [0.3, 0.4) is 0 Å². The van der Waals surface area contributed by atoms with E-state index in [1.165, 1.54) is 6.33 Å². The Bertz CT molecular complexity index is 566. The molecule has 5 nitrogen and oxygen atoms in total. The van der Waals surface area contributed by atoms with E-state index in [1.807, 2.05) is 6.92 Å². The molecule has 18 heavy (non-hydrogen) atoms. The van der Waals surface area contributed by atoms with E-state index in [1.54, 1.807) is 18.3 Å². The van der Waals surface area contributed by atoms with Crippen molar-refractivity contribution >= 4 is 34.8 Å². The maximum Gasteiger partial charge on any atom is 0.261 e. The van der Waals surface area contributed by atoms with Crippen molar-refractivity contribution in [2.75, 3.05) is 5.32 Å². The van der Waals surface area contributed by atoms with Crippen LogP contribution in [0.15, 0.2) is 24.7 Å². The zero-order valence-corrected chi connectivity index (χ0v) is 10.8. The van der Waals surface area contributed by atoms with Crippen LogP contribution in [0.5, 0.6) is 0 Å². The minimum atomic E-state index is -0.476. The number of nitrogens with zero attached hydrogens (tertiary/aromatic N) is 3. The normalized spacial score (nSPS) is 10.2. The topological polar surface area (TPSA) is 67.8 Å². The van der Waals surface area contributed by atoms with Gasteiger partial charge in [-0.05, 0) is 19.1 Å². The lowest BCUT2D eigenvalue weighted by Crippen LogP contribution is -2.14. The van der Waals surface area contributed by atoms with Gasteiger partial charge in [-0.1, -0.05) is 23.2 Å². The molecule has 0 radical (unpaired) electrons. The number of anilines is 1. The quantitative estimate of drug-likeness (QED) is 0.860. The number of carbonyl (C=O) groups excluding carboxylic acids is 1. The average Bonchev–Trinajstić information content (AvgIpc) is 2.32. The molecule has 0 atom stereocenters. The van der Waals surface area contributed by atoms with Crippen LogP contribution < -0.4 is 5.32 Å². The molecule has 2 heterocycles. The number of carbonyl (C=O) groups is 1. The lowest BCUT2D eigenvalue weighted by Gasteiger charge is -2.06. The summed E-state index contributed by atoms with van der Waals surface area (Å²) in [6, 6.07) is 3.51. The summed E-state index contributed by atoms with van der Waals surface area (Å²) in [7, 11) is 0. The summed E-state index contributed by atoms with van der Waals surface area (Å²) in [5.41, 5.74) is 1.44. The Hall–Kier alpha value is -1.72. The standard InChI is InChI=1S/C11H8Cl2N4O/c1-6-2-3-7(4-14-6)17-11(18)8-9(12)15-5-16-10(8)13/h2-5H,1H3,(H,17,18). The maximum absolute atomic E-state index is 12.0. The van der Waals surface area contributed by atoms with Gasteiger partial charge >= 0.3 is 0 Å². The van der Waals surface area contributed by atoms with Crippen molar-refractivity contribution in [2.24, 2.45) is 0 Å². The highest BCUT2D eigenvalue weighted by Gasteiger charge is 2.16. The second-order valence-electron chi connectivity index (χ2n) is 3.47. The molecule has 0 saturated carbocycles. The molecular weight excluding hydrogens is 275 g/mol. The van der Waals surface area contributed by atoms with Gasteiger partial charge in [0.2, 0.25) is 0 Å². The molecule has 92 valence electrons. The minimum absolute atomic E-state index is 0.00701. The summed E-state index contributed by atoms with van der Waals surface area (Å²) < 4.78 is 0. The lowest BCUT2D eigenvalue weighted by atomic mass is 10.3. The summed E-state index contributed by atoms with van der Waals surface area (Å²) in [6.07, 6.45) is 2.73.